The molecule has 1 amide bonds. The molecule has 0 radical (unpaired) electrons. The minimum absolute atomic E-state index is 0.00808. The molecule has 0 saturated carbocycles. The Labute approximate surface area is 93.3 Å². The van der Waals surface area contributed by atoms with Gasteiger partial charge in [0.1, 0.15) is 0 Å². The second kappa shape index (κ2) is 6.11. The van der Waals surface area contributed by atoms with Crippen molar-refractivity contribution in [2.24, 2.45) is 11.3 Å². The summed E-state index contributed by atoms with van der Waals surface area (Å²) in [6, 6.07) is 0.0454. The number of aliphatic hydroxyl groups is 1. The molecule has 0 aromatic carbocycles. The van der Waals surface area contributed by atoms with E-state index in [1.165, 1.54) is 0 Å². The lowest BCUT2D eigenvalue weighted by Gasteiger charge is -2.32. The van der Waals surface area contributed by atoms with Crippen LogP contribution in [0.15, 0.2) is 0 Å². The number of hydrogen-bond donors (Lipinski definition) is 2. The number of amides is 1. The minimum Gasteiger partial charge on any atom is -0.396 e. The molecule has 0 aromatic rings. The fourth-order valence-corrected chi connectivity index (χ4v) is 1.35. The Kier molecular flexibility index (Phi) is 5.88. The second-order valence-electron chi connectivity index (χ2n) is 5.25. The number of carbonyl (C=O) groups excluding carboxylic acids is 1. The molecular formula is C12H25NO2. The molecule has 0 aliphatic rings. The molecule has 0 heterocycles. The summed E-state index contributed by atoms with van der Waals surface area (Å²) < 4.78 is 0. The first kappa shape index (κ1) is 14.4. The summed E-state index contributed by atoms with van der Waals surface area (Å²) in [4.78, 5) is 11.7. The van der Waals surface area contributed by atoms with Crippen LogP contribution in [0.25, 0.3) is 0 Å². The van der Waals surface area contributed by atoms with Crippen molar-refractivity contribution >= 4 is 5.91 Å². The van der Waals surface area contributed by atoms with Crippen LogP contribution in [-0.4, -0.2) is 23.7 Å². The van der Waals surface area contributed by atoms with E-state index in [4.69, 9.17) is 5.11 Å². The molecule has 3 heteroatoms. The van der Waals surface area contributed by atoms with Crippen molar-refractivity contribution in [2.45, 2.75) is 53.5 Å². The summed E-state index contributed by atoms with van der Waals surface area (Å²) in [5.74, 6) is 0.138. The van der Waals surface area contributed by atoms with Gasteiger partial charge in [0.05, 0.1) is 0 Å². The van der Waals surface area contributed by atoms with Crippen molar-refractivity contribution in [3.63, 3.8) is 0 Å². The predicted octanol–water partition coefficient (Wildman–Crippen LogP) is 1.95. The van der Waals surface area contributed by atoms with Crippen molar-refractivity contribution in [3.8, 4) is 0 Å². The summed E-state index contributed by atoms with van der Waals surface area (Å²) in [6.45, 7) is 10.3. The summed E-state index contributed by atoms with van der Waals surface area (Å²) in [7, 11) is 0. The van der Waals surface area contributed by atoms with Gasteiger partial charge in [-0.25, -0.2) is 0 Å². The van der Waals surface area contributed by atoms with Crippen LogP contribution in [0.3, 0.4) is 0 Å². The standard InChI is InChI=1S/C12H25NO2/c1-6-9(2)11(15)13-10(7-8-14)12(3,4)5/h9-10,14H,6-8H2,1-5H3,(H,13,15). The van der Waals surface area contributed by atoms with E-state index >= 15 is 0 Å². The lowest BCUT2D eigenvalue weighted by atomic mass is 9.84. The maximum Gasteiger partial charge on any atom is 0.223 e. The Balaban J connectivity index is 4.35. The zero-order valence-corrected chi connectivity index (χ0v) is 10.6. The monoisotopic (exact) mass is 215 g/mol. The van der Waals surface area contributed by atoms with Crippen molar-refractivity contribution in [3.05, 3.63) is 0 Å². The maximum atomic E-state index is 11.7. The molecule has 2 N–H and O–H groups in total. The van der Waals surface area contributed by atoms with Crippen LogP contribution in [0.1, 0.15) is 47.5 Å². The van der Waals surface area contributed by atoms with Gasteiger partial charge in [0.2, 0.25) is 5.91 Å². The molecule has 0 fully saturated rings. The third kappa shape index (κ3) is 5.17. The number of rotatable bonds is 5. The molecule has 90 valence electrons. The summed E-state index contributed by atoms with van der Waals surface area (Å²) in [5, 5.41) is 12.0. The first-order valence-corrected chi connectivity index (χ1v) is 5.74. The van der Waals surface area contributed by atoms with Gasteiger partial charge >= 0.3 is 0 Å². The molecule has 2 unspecified atom stereocenters. The van der Waals surface area contributed by atoms with E-state index in [0.29, 0.717) is 6.42 Å². The van der Waals surface area contributed by atoms with E-state index in [0.717, 1.165) is 6.42 Å². The van der Waals surface area contributed by atoms with Crippen LogP contribution < -0.4 is 5.32 Å². The maximum absolute atomic E-state index is 11.7. The topological polar surface area (TPSA) is 49.3 Å². The largest absolute Gasteiger partial charge is 0.396 e. The first-order valence-electron chi connectivity index (χ1n) is 5.74. The van der Waals surface area contributed by atoms with E-state index < -0.39 is 0 Å². The van der Waals surface area contributed by atoms with E-state index in [1.54, 1.807) is 0 Å². The average Bonchev–Trinajstić information content (AvgIpc) is 2.14. The summed E-state index contributed by atoms with van der Waals surface area (Å²) in [5.41, 5.74) is -0.00808. The highest BCUT2D eigenvalue weighted by molar-refractivity contribution is 5.78. The van der Waals surface area contributed by atoms with Crippen LogP contribution in [0, 0.1) is 11.3 Å². The Bertz CT molecular complexity index is 196. The highest BCUT2D eigenvalue weighted by atomic mass is 16.3. The number of carbonyl (C=O) groups is 1. The van der Waals surface area contributed by atoms with E-state index in [-0.39, 0.29) is 29.9 Å². The minimum atomic E-state index is -0.00808. The molecule has 0 saturated heterocycles. The van der Waals surface area contributed by atoms with Crippen LogP contribution >= 0.6 is 0 Å². The number of hydrogen-bond acceptors (Lipinski definition) is 2. The van der Waals surface area contributed by atoms with Crippen molar-refractivity contribution in [1.82, 2.24) is 5.32 Å². The fourth-order valence-electron chi connectivity index (χ4n) is 1.35. The Hall–Kier alpha value is -0.570. The second-order valence-corrected chi connectivity index (χ2v) is 5.25. The highest BCUT2D eigenvalue weighted by Gasteiger charge is 2.26. The fraction of sp³-hybridized carbons (Fsp3) is 0.917. The van der Waals surface area contributed by atoms with Gasteiger partial charge in [-0.1, -0.05) is 34.6 Å². The van der Waals surface area contributed by atoms with Crippen molar-refractivity contribution in [2.75, 3.05) is 6.61 Å². The lowest BCUT2D eigenvalue weighted by Crippen LogP contribution is -2.46. The third-order valence-electron chi connectivity index (χ3n) is 2.84. The van der Waals surface area contributed by atoms with Gasteiger partial charge < -0.3 is 10.4 Å². The van der Waals surface area contributed by atoms with Crippen LogP contribution in [0.2, 0.25) is 0 Å². The van der Waals surface area contributed by atoms with Gasteiger partial charge in [-0.05, 0) is 18.3 Å². The first-order chi connectivity index (χ1) is 6.82. The zero-order valence-electron chi connectivity index (χ0n) is 10.6. The lowest BCUT2D eigenvalue weighted by molar-refractivity contribution is -0.126. The van der Waals surface area contributed by atoms with Crippen LogP contribution in [-0.2, 0) is 4.79 Å². The van der Waals surface area contributed by atoms with E-state index in [2.05, 4.69) is 26.1 Å². The quantitative estimate of drug-likeness (QED) is 0.736. The third-order valence-corrected chi connectivity index (χ3v) is 2.84. The SMILES string of the molecule is CCC(C)C(=O)NC(CCO)C(C)(C)C. The normalized spacial score (nSPS) is 15.9. The molecule has 0 bridgehead atoms. The van der Waals surface area contributed by atoms with Gasteiger partial charge in [-0.2, -0.15) is 0 Å². The molecule has 0 aliphatic heterocycles. The predicted molar refractivity (Wildman–Crippen MR) is 62.5 cm³/mol. The van der Waals surface area contributed by atoms with E-state index in [9.17, 15) is 4.79 Å². The van der Waals surface area contributed by atoms with Crippen LogP contribution in [0.5, 0.6) is 0 Å². The molecular weight excluding hydrogens is 190 g/mol. The van der Waals surface area contributed by atoms with Gasteiger partial charge in [-0.3, -0.25) is 4.79 Å². The smallest absolute Gasteiger partial charge is 0.223 e. The molecule has 3 nitrogen and oxygen atoms in total. The highest BCUT2D eigenvalue weighted by Crippen LogP contribution is 2.22. The number of nitrogens with one attached hydrogen (secondary N) is 1. The van der Waals surface area contributed by atoms with Gasteiger partial charge in [0.25, 0.3) is 0 Å². The average molecular weight is 215 g/mol. The Morgan fingerprint density at radius 1 is 1.40 bits per heavy atom. The zero-order chi connectivity index (χ0) is 12.1. The van der Waals surface area contributed by atoms with Crippen molar-refractivity contribution in [1.29, 1.82) is 0 Å². The van der Waals surface area contributed by atoms with E-state index in [1.807, 2.05) is 13.8 Å². The molecule has 2 atom stereocenters. The summed E-state index contributed by atoms with van der Waals surface area (Å²) >= 11 is 0. The van der Waals surface area contributed by atoms with Gasteiger partial charge in [0, 0.05) is 18.6 Å². The molecule has 0 aliphatic carbocycles. The Morgan fingerprint density at radius 2 is 1.93 bits per heavy atom. The molecule has 15 heavy (non-hydrogen) atoms. The Morgan fingerprint density at radius 3 is 2.27 bits per heavy atom. The molecule has 0 spiro atoms. The van der Waals surface area contributed by atoms with Gasteiger partial charge in [-0.15, -0.1) is 0 Å². The molecule has 0 rings (SSSR count). The molecule has 0 aromatic heterocycles. The van der Waals surface area contributed by atoms with Crippen LogP contribution in [0.4, 0.5) is 0 Å². The summed E-state index contributed by atoms with van der Waals surface area (Å²) in [6.07, 6.45) is 1.47. The van der Waals surface area contributed by atoms with Crippen molar-refractivity contribution < 1.29 is 9.90 Å². The number of aliphatic hydroxyl groups excluding tert-OH is 1. The van der Waals surface area contributed by atoms with Gasteiger partial charge in [0.15, 0.2) is 0 Å².